The topological polar surface area (TPSA) is 119 Å². The van der Waals surface area contributed by atoms with Gasteiger partial charge in [-0.1, -0.05) is 22.9 Å². The van der Waals surface area contributed by atoms with Crippen LogP contribution in [0.25, 0.3) is 10.2 Å². The minimum Gasteiger partial charge on any atom is -0.397 e. The van der Waals surface area contributed by atoms with E-state index in [0.717, 1.165) is 17.4 Å². The fourth-order valence-electron chi connectivity index (χ4n) is 2.14. The van der Waals surface area contributed by atoms with E-state index in [1.807, 2.05) is 6.07 Å². The van der Waals surface area contributed by atoms with Gasteiger partial charge < -0.3 is 11.1 Å². The first-order valence-electron chi connectivity index (χ1n) is 6.61. The molecule has 2 aromatic heterocycles. The van der Waals surface area contributed by atoms with Crippen molar-refractivity contribution in [2.24, 2.45) is 0 Å². The molecule has 2 heterocycles. The van der Waals surface area contributed by atoms with Crippen LogP contribution in [0.5, 0.6) is 0 Å². The number of nitriles is 1. The number of nitrogens with one attached hydrogen (secondary N) is 2. The summed E-state index contributed by atoms with van der Waals surface area (Å²) in [6.07, 6.45) is 0. The van der Waals surface area contributed by atoms with Gasteiger partial charge in [-0.05, 0) is 24.3 Å². The molecule has 24 heavy (non-hydrogen) atoms. The van der Waals surface area contributed by atoms with Crippen molar-refractivity contribution in [1.29, 1.82) is 5.26 Å². The summed E-state index contributed by atoms with van der Waals surface area (Å²) in [4.78, 5) is 16.1. The van der Waals surface area contributed by atoms with E-state index in [9.17, 15) is 9.18 Å². The molecule has 0 aliphatic carbocycles. The Morgan fingerprint density at radius 1 is 1.38 bits per heavy atom. The van der Waals surface area contributed by atoms with Crippen LogP contribution in [0.4, 0.5) is 21.6 Å². The molecule has 3 aromatic rings. The number of aromatic amines is 1. The van der Waals surface area contributed by atoms with Gasteiger partial charge in [0.05, 0.1) is 21.8 Å². The summed E-state index contributed by atoms with van der Waals surface area (Å²) in [7, 11) is 0. The number of carbonyl (C=O) groups excluding carboxylic acids is 1. The van der Waals surface area contributed by atoms with Gasteiger partial charge in [-0.2, -0.15) is 5.26 Å². The van der Waals surface area contributed by atoms with E-state index in [2.05, 4.69) is 10.3 Å². The van der Waals surface area contributed by atoms with Crippen LogP contribution in [0.3, 0.4) is 0 Å². The van der Waals surface area contributed by atoms with Gasteiger partial charge in [0.2, 0.25) is 0 Å². The summed E-state index contributed by atoms with van der Waals surface area (Å²) in [6, 6.07) is 7.11. The number of nitrogens with zero attached hydrogens (tertiary/aromatic N) is 1. The van der Waals surface area contributed by atoms with Gasteiger partial charge in [-0.25, -0.2) is 9.37 Å². The molecule has 1 aromatic carbocycles. The first-order valence-corrected chi connectivity index (χ1v) is 7.80. The van der Waals surface area contributed by atoms with Crippen molar-refractivity contribution in [3.8, 4) is 6.07 Å². The van der Waals surface area contributed by atoms with Crippen molar-refractivity contribution >= 4 is 56.3 Å². The Labute approximate surface area is 144 Å². The molecule has 3 rings (SSSR count). The molecule has 0 unspecified atom stereocenters. The average molecular weight is 363 g/mol. The van der Waals surface area contributed by atoms with E-state index in [0.29, 0.717) is 10.2 Å². The minimum absolute atomic E-state index is 0.0746. The van der Waals surface area contributed by atoms with E-state index < -0.39 is 11.7 Å². The standard InChI is InChI=1S/C15H9ClFN5OS/c16-9-4-7(17)1-2-10(9)21-14(23)12-11(19)8-3-6(5-18)13(20)22-15(8)24-12/h1-4H,19H2,(H2,20,22)(H,21,23)/p+1. The lowest BCUT2D eigenvalue weighted by molar-refractivity contribution is -0.323. The molecular weight excluding hydrogens is 353 g/mol. The highest BCUT2D eigenvalue weighted by atomic mass is 35.5. The number of thiophene rings is 1. The van der Waals surface area contributed by atoms with Gasteiger partial charge in [0.1, 0.15) is 22.3 Å². The smallest absolute Gasteiger partial charge is 0.289 e. The lowest BCUT2D eigenvalue weighted by Gasteiger charge is -2.06. The molecule has 0 aliphatic heterocycles. The first-order chi connectivity index (χ1) is 11.4. The highest BCUT2D eigenvalue weighted by Gasteiger charge is 2.21. The van der Waals surface area contributed by atoms with Crippen LogP contribution in [0, 0.1) is 17.1 Å². The maximum Gasteiger partial charge on any atom is 0.289 e. The van der Waals surface area contributed by atoms with Crippen LogP contribution in [-0.4, -0.2) is 5.91 Å². The van der Waals surface area contributed by atoms with Crippen molar-refractivity contribution in [2.45, 2.75) is 0 Å². The quantitative estimate of drug-likeness (QED) is 0.649. The highest BCUT2D eigenvalue weighted by Crippen LogP contribution is 2.33. The number of benzene rings is 1. The van der Waals surface area contributed by atoms with Crippen LogP contribution in [0.1, 0.15) is 15.2 Å². The lowest BCUT2D eigenvalue weighted by atomic mass is 10.2. The van der Waals surface area contributed by atoms with Gasteiger partial charge in [-0.15, -0.1) is 0 Å². The molecule has 0 atom stereocenters. The Morgan fingerprint density at radius 2 is 2.12 bits per heavy atom. The van der Waals surface area contributed by atoms with Gasteiger partial charge in [0, 0.05) is 0 Å². The van der Waals surface area contributed by atoms with Crippen LogP contribution in [-0.2, 0) is 0 Å². The molecule has 1 amide bonds. The zero-order valence-corrected chi connectivity index (χ0v) is 13.6. The number of nitrogen functional groups attached to an aromatic ring is 2. The molecule has 6 nitrogen and oxygen atoms in total. The van der Waals surface area contributed by atoms with Gasteiger partial charge in [-0.3, -0.25) is 10.5 Å². The fourth-order valence-corrected chi connectivity index (χ4v) is 3.36. The number of nitrogens with two attached hydrogens (primary N) is 2. The number of hydrogen-bond donors (Lipinski definition) is 3. The lowest BCUT2D eigenvalue weighted by Crippen LogP contribution is -2.12. The van der Waals surface area contributed by atoms with Crippen molar-refractivity contribution in [2.75, 3.05) is 16.8 Å². The average Bonchev–Trinajstić information content (AvgIpc) is 2.85. The molecular formula is C15H10ClFN5OS+. The van der Waals surface area contributed by atoms with Crippen molar-refractivity contribution in [3.05, 3.63) is 45.5 Å². The molecule has 0 aliphatic rings. The third-order valence-corrected chi connectivity index (χ3v) is 4.76. The number of anilines is 3. The zero-order valence-electron chi connectivity index (χ0n) is 12.0. The highest BCUT2D eigenvalue weighted by molar-refractivity contribution is 7.20. The van der Waals surface area contributed by atoms with Crippen molar-refractivity contribution < 1.29 is 14.2 Å². The third kappa shape index (κ3) is 2.71. The van der Waals surface area contributed by atoms with E-state index in [-0.39, 0.29) is 32.7 Å². The number of halogens is 2. The first kappa shape index (κ1) is 16.0. The fraction of sp³-hybridized carbons (Fsp3) is 0. The van der Waals surface area contributed by atoms with Crippen LogP contribution in [0.2, 0.25) is 5.02 Å². The maximum absolute atomic E-state index is 13.1. The molecule has 6 N–H and O–H groups in total. The third-order valence-electron chi connectivity index (χ3n) is 3.32. The Balaban J connectivity index is 2.01. The predicted octanol–water partition coefficient (Wildman–Crippen LogP) is 2.80. The number of pyridine rings is 1. The summed E-state index contributed by atoms with van der Waals surface area (Å²) >= 11 is 6.99. The number of fused-ring (bicyclic) bond motifs is 1. The van der Waals surface area contributed by atoms with Gasteiger partial charge in [0.15, 0.2) is 4.83 Å². The largest absolute Gasteiger partial charge is 0.397 e. The number of aromatic nitrogens is 1. The van der Waals surface area contributed by atoms with E-state index in [1.54, 1.807) is 0 Å². The Bertz CT molecular complexity index is 1030. The summed E-state index contributed by atoms with van der Waals surface area (Å²) in [5.41, 5.74) is 12.5. The second-order valence-electron chi connectivity index (χ2n) is 4.87. The molecule has 0 bridgehead atoms. The van der Waals surface area contributed by atoms with Crippen LogP contribution in [0.15, 0.2) is 24.3 Å². The number of hydrogen-bond acceptors (Lipinski definition) is 5. The molecule has 0 radical (unpaired) electrons. The predicted molar refractivity (Wildman–Crippen MR) is 91.3 cm³/mol. The Morgan fingerprint density at radius 3 is 2.79 bits per heavy atom. The zero-order chi connectivity index (χ0) is 17.4. The van der Waals surface area contributed by atoms with Crippen molar-refractivity contribution in [3.63, 3.8) is 0 Å². The van der Waals surface area contributed by atoms with Gasteiger partial charge in [0.25, 0.3) is 11.7 Å². The normalized spacial score (nSPS) is 10.5. The maximum atomic E-state index is 13.1. The summed E-state index contributed by atoms with van der Waals surface area (Å²) in [5.74, 6) is -0.805. The van der Waals surface area contributed by atoms with E-state index in [4.69, 9.17) is 28.3 Å². The van der Waals surface area contributed by atoms with E-state index >= 15 is 0 Å². The van der Waals surface area contributed by atoms with Crippen LogP contribution >= 0.6 is 22.9 Å². The number of amides is 1. The molecule has 0 fully saturated rings. The molecule has 9 heteroatoms. The molecule has 120 valence electrons. The molecule has 0 saturated heterocycles. The second kappa shape index (κ2) is 5.96. The monoisotopic (exact) mass is 362 g/mol. The van der Waals surface area contributed by atoms with Crippen LogP contribution < -0.4 is 21.8 Å². The second-order valence-corrected chi connectivity index (χ2v) is 6.30. The number of H-pyrrole nitrogens is 1. The molecule has 0 spiro atoms. The SMILES string of the molecule is N#Cc1cc2c(N)c(C(=O)Nc3ccc(F)cc3Cl)sc2[nH+]c1N. The Kier molecular flexibility index (Phi) is 3.97. The van der Waals surface area contributed by atoms with Gasteiger partial charge >= 0.3 is 0 Å². The molecule has 0 saturated carbocycles. The summed E-state index contributed by atoms with van der Waals surface area (Å²) in [5, 5.41) is 12.2. The Hall–Kier alpha value is -2.89. The number of carbonyl (C=O) groups is 1. The van der Waals surface area contributed by atoms with Crippen molar-refractivity contribution in [1.82, 2.24) is 0 Å². The van der Waals surface area contributed by atoms with E-state index in [1.165, 1.54) is 18.2 Å². The summed E-state index contributed by atoms with van der Waals surface area (Å²) < 4.78 is 13.1. The minimum atomic E-state index is -0.506. The summed E-state index contributed by atoms with van der Waals surface area (Å²) in [6.45, 7) is 0. The number of rotatable bonds is 2.